The van der Waals surface area contributed by atoms with E-state index in [-0.39, 0.29) is 10.8 Å². The van der Waals surface area contributed by atoms with Gasteiger partial charge in [0.05, 0.1) is 0 Å². The minimum atomic E-state index is -0.603. The van der Waals surface area contributed by atoms with Crippen LogP contribution in [0.25, 0.3) is 22.3 Å². The first-order chi connectivity index (χ1) is 13.6. The molecule has 0 saturated heterocycles. The van der Waals surface area contributed by atoms with Gasteiger partial charge in [-0.25, -0.2) is 0 Å². The summed E-state index contributed by atoms with van der Waals surface area (Å²) in [5, 5.41) is 0. The summed E-state index contributed by atoms with van der Waals surface area (Å²) in [6.45, 7) is 13.5. The third-order valence-electron chi connectivity index (χ3n) is 5.20. The first kappa shape index (κ1) is 21.6. The molecule has 29 heavy (non-hydrogen) atoms. The van der Waals surface area contributed by atoms with Crippen molar-refractivity contribution in [3.8, 4) is 28.0 Å². The van der Waals surface area contributed by atoms with Crippen molar-refractivity contribution in [3.63, 3.8) is 0 Å². The standard InChI is InChI=1S/C26H31O2P/c1-25(2,3)20-15-11-16-21(26(4,5)6)24(20)23-19(18-12-8-7-9-13-18)14-10-17-22(23)28-29-27/h7-17,27,29H,1-6H3. The van der Waals surface area contributed by atoms with Gasteiger partial charge in [0.1, 0.15) is 5.75 Å². The van der Waals surface area contributed by atoms with E-state index in [4.69, 9.17) is 4.52 Å². The molecule has 0 aliphatic carbocycles. The summed E-state index contributed by atoms with van der Waals surface area (Å²) in [4.78, 5) is 9.62. The highest BCUT2D eigenvalue weighted by molar-refractivity contribution is 7.25. The maximum atomic E-state index is 9.62. The molecule has 0 amide bonds. The number of benzene rings is 3. The Balaban J connectivity index is 2.48. The van der Waals surface area contributed by atoms with Crippen LogP contribution in [-0.2, 0) is 10.8 Å². The van der Waals surface area contributed by atoms with Crippen LogP contribution in [0.4, 0.5) is 0 Å². The zero-order valence-electron chi connectivity index (χ0n) is 18.2. The summed E-state index contributed by atoms with van der Waals surface area (Å²) in [7, 11) is -0.603. The van der Waals surface area contributed by atoms with Gasteiger partial charge in [0.15, 0.2) is 0 Å². The highest BCUT2D eigenvalue weighted by atomic mass is 31.1. The molecule has 0 aliphatic rings. The van der Waals surface area contributed by atoms with Crippen molar-refractivity contribution in [2.45, 2.75) is 52.4 Å². The Morgan fingerprint density at radius 3 is 1.72 bits per heavy atom. The minimum absolute atomic E-state index is 0.0425. The number of hydrogen-bond donors (Lipinski definition) is 1. The van der Waals surface area contributed by atoms with Crippen LogP contribution in [-0.4, -0.2) is 4.89 Å². The molecule has 0 bridgehead atoms. The van der Waals surface area contributed by atoms with Crippen molar-refractivity contribution in [3.05, 3.63) is 77.9 Å². The van der Waals surface area contributed by atoms with Crippen molar-refractivity contribution in [2.75, 3.05) is 0 Å². The molecule has 3 rings (SSSR count). The highest BCUT2D eigenvalue weighted by Gasteiger charge is 2.29. The third-order valence-corrected chi connectivity index (χ3v) is 5.51. The van der Waals surface area contributed by atoms with Crippen LogP contribution >= 0.6 is 9.03 Å². The summed E-state index contributed by atoms with van der Waals surface area (Å²) in [5.74, 6) is 0.717. The zero-order chi connectivity index (χ0) is 21.2. The SMILES string of the molecule is CC(C)(C)c1cccc(C(C)(C)C)c1-c1c(OPO)cccc1-c1ccccc1. The topological polar surface area (TPSA) is 29.5 Å². The first-order valence-corrected chi connectivity index (χ1v) is 10.9. The van der Waals surface area contributed by atoms with E-state index >= 15 is 0 Å². The molecule has 0 saturated carbocycles. The highest BCUT2D eigenvalue weighted by Crippen LogP contribution is 2.48. The van der Waals surface area contributed by atoms with Crippen LogP contribution in [0.1, 0.15) is 52.7 Å². The van der Waals surface area contributed by atoms with Gasteiger partial charge in [-0.3, -0.25) is 0 Å². The van der Waals surface area contributed by atoms with E-state index in [0.29, 0.717) is 0 Å². The normalized spacial score (nSPS) is 12.5. The van der Waals surface area contributed by atoms with Gasteiger partial charge >= 0.3 is 0 Å². The van der Waals surface area contributed by atoms with E-state index in [1.165, 1.54) is 16.7 Å². The fraction of sp³-hybridized carbons (Fsp3) is 0.308. The minimum Gasteiger partial charge on any atom is -0.449 e. The molecule has 0 aliphatic heterocycles. The fourth-order valence-electron chi connectivity index (χ4n) is 3.85. The average Bonchev–Trinajstić information content (AvgIpc) is 2.67. The second-order valence-electron chi connectivity index (χ2n) is 9.47. The van der Waals surface area contributed by atoms with Gasteiger partial charge in [-0.05, 0) is 44.7 Å². The predicted octanol–water partition coefficient (Wildman–Crippen LogP) is 7.50. The third kappa shape index (κ3) is 4.55. The maximum Gasteiger partial charge on any atom is 0.212 e. The van der Waals surface area contributed by atoms with Gasteiger partial charge in [0.2, 0.25) is 9.03 Å². The van der Waals surface area contributed by atoms with Crippen LogP contribution < -0.4 is 4.52 Å². The van der Waals surface area contributed by atoms with E-state index < -0.39 is 9.03 Å². The average molecular weight is 407 g/mol. The van der Waals surface area contributed by atoms with Gasteiger partial charge in [-0.1, -0.05) is 102 Å². The molecule has 0 radical (unpaired) electrons. The summed E-state index contributed by atoms with van der Waals surface area (Å²) in [6.07, 6.45) is 0. The monoisotopic (exact) mass is 406 g/mol. The summed E-state index contributed by atoms with van der Waals surface area (Å²) in [6, 6.07) is 23.1. The largest absolute Gasteiger partial charge is 0.449 e. The number of rotatable bonds is 4. The molecule has 0 aromatic heterocycles. The molecule has 0 spiro atoms. The summed E-state index contributed by atoms with van der Waals surface area (Å²) >= 11 is 0. The van der Waals surface area contributed by atoms with Crippen LogP contribution in [0.5, 0.6) is 5.75 Å². The van der Waals surface area contributed by atoms with E-state index in [0.717, 1.165) is 22.4 Å². The summed E-state index contributed by atoms with van der Waals surface area (Å²) in [5.41, 5.74) is 6.98. The van der Waals surface area contributed by atoms with Crippen LogP contribution in [0.3, 0.4) is 0 Å². The number of hydrogen-bond acceptors (Lipinski definition) is 2. The Labute approximate surface area is 176 Å². The lowest BCUT2D eigenvalue weighted by Gasteiger charge is -2.31. The lowest BCUT2D eigenvalue weighted by molar-refractivity contribution is 0.515. The Morgan fingerprint density at radius 1 is 0.655 bits per heavy atom. The molecule has 3 heteroatoms. The Kier molecular flexibility index (Phi) is 6.17. The van der Waals surface area contributed by atoms with Crippen LogP contribution in [0.15, 0.2) is 66.7 Å². The van der Waals surface area contributed by atoms with Crippen molar-refractivity contribution in [1.29, 1.82) is 0 Å². The summed E-state index contributed by atoms with van der Waals surface area (Å²) < 4.78 is 5.77. The molecule has 0 heterocycles. The van der Waals surface area contributed by atoms with Gasteiger partial charge < -0.3 is 9.42 Å². The lowest BCUT2D eigenvalue weighted by atomic mass is 9.73. The molecule has 1 atom stereocenters. The molecule has 0 fully saturated rings. The molecule has 1 unspecified atom stereocenters. The molecule has 1 N–H and O–H groups in total. The molecular formula is C26H31O2P. The molecule has 152 valence electrons. The van der Waals surface area contributed by atoms with E-state index in [1.807, 2.05) is 18.2 Å². The van der Waals surface area contributed by atoms with Gasteiger partial charge in [0, 0.05) is 5.56 Å². The Bertz CT molecular complexity index is 948. The van der Waals surface area contributed by atoms with Crippen LogP contribution in [0.2, 0.25) is 0 Å². The first-order valence-electron chi connectivity index (χ1n) is 10.0. The smallest absolute Gasteiger partial charge is 0.212 e. The Morgan fingerprint density at radius 2 is 1.21 bits per heavy atom. The second-order valence-corrected chi connectivity index (χ2v) is 9.85. The molecule has 3 aromatic rings. The van der Waals surface area contributed by atoms with Gasteiger partial charge in [0.25, 0.3) is 0 Å². The maximum absolute atomic E-state index is 9.62. The molecule has 2 nitrogen and oxygen atoms in total. The van der Waals surface area contributed by atoms with E-state index in [1.54, 1.807) is 0 Å². The van der Waals surface area contributed by atoms with E-state index in [9.17, 15) is 4.89 Å². The zero-order valence-corrected chi connectivity index (χ0v) is 19.2. The van der Waals surface area contributed by atoms with Crippen molar-refractivity contribution < 1.29 is 9.42 Å². The van der Waals surface area contributed by atoms with Crippen molar-refractivity contribution in [2.24, 2.45) is 0 Å². The van der Waals surface area contributed by atoms with Crippen molar-refractivity contribution in [1.82, 2.24) is 0 Å². The fourth-order valence-corrected chi connectivity index (χ4v) is 4.12. The predicted molar refractivity (Wildman–Crippen MR) is 126 cm³/mol. The lowest BCUT2D eigenvalue weighted by Crippen LogP contribution is -2.19. The van der Waals surface area contributed by atoms with Crippen molar-refractivity contribution >= 4 is 9.03 Å². The second kappa shape index (κ2) is 8.30. The van der Waals surface area contributed by atoms with Gasteiger partial charge in [-0.2, -0.15) is 0 Å². The van der Waals surface area contributed by atoms with Crippen LogP contribution in [0, 0.1) is 0 Å². The Hall–Kier alpha value is -2.15. The molecular weight excluding hydrogens is 375 g/mol. The van der Waals surface area contributed by atoms with E-state index in [2.05, 4.69) is 90.1 Å². The van der Waals surface area contributed by atoms with Gasteiger partial charge in [-0.15, -0.1) is 0 Å². The molecule has 3 aromatic carbocycles. The quantitative estimate of drug-likeness (QED) is 0.455.